The van der Waals surface area contributed by atoms with E-state index in [0.717, 1.165) is 12.3 Å². The molecule has 0 heterocycles. The lowest BCUT2D eigenvalue weighted by Gasteiger charge is -2.22. The molecular formula is C14H18. The Bertz CT molecular complexity index is 292. The van der Waals surface area contributed by atoms with Gasteiger partial charge in [0.15, 0.2) is 0 Å². The molecule has 0 N–H and O–H groups in total. The number of allylic oxidation sites excluding steroid dienone is 5. The molecular weight excluding hydrogens is 168 g/mol. The van der Waals surface area contributed by atoms with Gasteiger partial charge in [-0.2, -0.15) is 0 Å². The molecule has 1 fully saturated rings. The van der Waals surface area contributed by atoms with E-state index in [1.165, 1.54) is 37.7 Å². The summed E-state index contributed by atoms with van der Waals surface area (Å²) in [5.41, 5.74) is 4.75. The lowest BCUT2D eigenvalue weighted by molar-refractivity contribution is 0.407. The monoisotopic (exact) mass is 186 g/mol. The summed E-state index contributed by atoms with van der Waals surface area (Å²) in [6.07, 6.45) is 18.9. The molecule has 14 heavy (non-hydrogen) atoms. The first-order chi connectivity index (χ1) is 6.97. The molecule has 0 saturated heterocycles. The molecule has 0 aliphatic heterocycles. The Balaban J connectivity index is 2.08. The smallest absolute Gasteiger partial charge is 0.0159 e. The summed E-state index contributed by atoms with van der Waals surface area (Å²) in [5, 5.41) is 0. The van der Waals surface area contributed by atoms with Crippen molar-refractivity contribution in [1.82, 2.24) is 0 Å². The second kappa shape index (κ2) is 5.02. The normalized spacial score (nSPS) is 29.0. The Morgan fingerprint density at radius 2 is 2.00 bits per heavy atom. The molecule has 0 unspecified atom stereocenters. The fourth-order valence-corrected chi connectivity index (χ4v) is 2.33. The van der Waals surface area contributed by atoms with Crippen molar-refractivity contribution in [1.29, 1.82) is 0 Å². The van der Waals surface area contributed by atoms with Crippen LogP contribution in [-0.4, -0.2) is 0 Å². The molecule has 0 aromatic carbocycles. The van der Waals surface area contributed by atoms with Gasteiger partial charge >= 0.3 is 0 Å². The van der Waals surface area contributed by atoms with Crippen LogP contribution in [0, 0.1) is 5.92 Å². The maximum absolute atomic E-state index is 3.23. The van der Waals surface area contributed by atoms with Crippen molar-refractivity contribution in [3.8, 4) is 0 Å². The highest BCUT2D eigenvalue weighted by atomic mass is 14.2. The predicted molar refractivity (Wildman–Crippen MR) is 61.1 cm³/mol. The van der Waals surface area contributed by atoms with Crippen LogP contribution in [0.3, 0.4) is 0 Å². The highest BCUT2D eigenvalue weighted by Crippen LogP contribution is 2.30. The zero-order chi connectivity index (χ0) is 9.64. The van der Waals surface area contributed by atoms with E-state index in [2.05, 4.69) is 30.0 Å². The van der Waals surface area contributed by atoms with Gasteiger partial charge in [-0.05, 0) is 42.9 Å². The molecule has 0 bridgehead atoms. The minimum Gasteiger partial charge on any atom is -0.121 e. The Labute approximate surface area is 86.7 Å². The second-order valence-corrected chi connectivity index (χ2v) is 4.18. The van der Waals surface area contributed by atoms with Crippen LogP contribution < -0.4 is 0 Å². The van der Waals surface area contributed by atoms with E-state index in [1.54, 1.807) is 0 Å². The lowest BCUT2D eigenvalue weighted by Crippen LogP contribution is -2.07. The maximum atomic E-state index is 3.23. The van der Waals surface area contributed by atoms with Crippen LogP contribution in [0.25, 0.3) is 0 Å². The van der Waals surface area contributed by atoms with Gasteiger partial charge in [0.05, 0.1) is 0 Å². The van der Waals surface area contributed by atoms with Gasteiger partial charge in [0.2, 0.25) is 0 Å². The highest BCUT2D eigenvalue weighted by Gasteiger charge is 2.15. The molecule has 0 atom stereocenters. The van der Waals surface area contributed by atoms with E-state index in [-0.39, 0.29) is 0 Å². The van der Waals surface area contributed by atoms with Crippen molar-refractivity contribution in [3.05, 3.63) is 41.7 Å². The van der Waals surface area contributed by atoms with Crippen LogP contribution in [0.1, 0.15) is 38.5 Å². The fraction of sp³-hybridized carbons (Fsp3) is 0.500. The first-order valence-electron chi connectivity index (χ1n) is 5.74. The molecule has 74 valence electrons. The van der Waals surface area contributed by atoms with Crippen LogP contribution in [0.2, 0.25) is 0 Å². The third-order valence-corrected chi connectivity index (χ3v) is 3.14. The topological polar surface area (TPSA) is 0 Å². The second-order valence-electron chi connectivity index (χ2n) is 4.18. The molecule has 0 aromatic rings. The Hall–Kier alpha value is -1.00. The molecule has 0 spiro atoms. The number of hydrogen-bond donors (Lipinski definition) is 0. The van der Waals surface area contributed by atoms with Crippen LogP contribution >= 0.6 is 0 Å². The molecule has 0 radical (unpaired) electrons. The molecule has 0 nitrogen and oxygen atoms in total. The van der Waals surface area contributed by atoms with Gasteiger partial charge in [-0.25, -0.2) is 0 Å². The fourth-order valence-electron chi connectivity index (χ4n) is 2.33. The van der Waals surface area contributed by atoms with Crippen LogP contribution in [0.15, 0.2) is 41.7 Å². The summed E-state index contributed by atoms with van der Waals surface area (Å²) < 4.78 is 0. The van der Waals surface area contributed by atoms with E-state index in [0.29, 0.717) is 0 Å². The first kappa shape index (κ1) is 9.55. The van der Waals surface area contributed by atoms with Crippen molar-refractivity contribution in [3.63, 3.8) is 0 Å². The van der Waals surface area contributed by atoms with Crippen molar-refractivity contribution in [2.45, 2.75) is 38.5 Å². The average Bonchev–Trinajstić information content (AvgIpc) is 2.18. The van der Waals surface area contributed by atoms with Crippen molar-refractivity contribution >= 4 is 0 Å². The predicted octanol–water partition coefficient (Wildman–Crippen LogP) is 4.16. The van der Waals surface area contributed by atoms with Gasteiger partial charge in [0.1, 0.15) is 0 Å². The van der Waals surface area contributed by atoms with Crippen LogP contribution in [0.4, 0.5) is 0 Å². The van der Waals surface area contributed by atoms with Crippen molar-refractivity contribution < 1.29 is 0 Å². The largest absolute Gasteiger partial charge is 0.121 e. The quantitative estimate of drug-likeness (QED) is 0.539. The number of hydrogen-bond acceptors (Lipinski definition) is 0. The van der Waals surface area contributed by atoms with Gasteiger partial charge in [0, 0.05) is 0 Å². The number of rotatable bonds is 1. The zero-order valence-electron chi connectivity index (χ0n) is 8.71. The van der Waals surface area contributed by atoms with Gasteiger partial charge in [0.25, 0.3) is 0 Å². The third kappa shape index (κ3) is 2.49. The summed E-state index contributed by atoms with van der Waals surface area (Å²) in [6.45, 7) is 0. The van der Waals surface area contributed by atoms with E-state index in [1.807, 2.05) is 6.08 Å². The zero-order valence-corrected chi connectivity index (χ0v) is 8.71. The molecule has 0 amide bonds. The standard InChI is InChI=1S/C14H18/c1-2-5-9-13(10-6-3-1)14-11-7-4-8-12-14/h1-3,9-10,14H,4-5,7-8,11-12H2/b2-1-,13-9+. The molecule has 2 aliphatic rings. The summed E-state index contributed by atoms with van der Waals surface area (Å²) in [6, 6.07) is 0. The van der Waals surface area contributed by atoms with Crippen molar-refractivity contribution in [2.75, 3.05) is 0 Å². The maximum Gasteiger partial charge on any atom is -0.0159 e. The van der Waals surface area contributed by atoms with E-state index in [4.69, 9.17) is 0 Å². The lowest BCUT2D eigenvalue weighted by atomic mass is 9.83. The first-order valence-corrected chi connectivity index (χ1v) is 5.74. The van der Waals surface area contributed by atoms with Gasteiger partial charge in [-0.1, -0.05) is 37.5 Å². The average molecular weight is 186 g/mol. The SMILES string of the molecule is C1=C/C=C\C/C=C(/C2CCCCC2)C=1. The van der Waals surface area contributed by atoms with Crippen molar-refractivity contribution in [2.24, 2.45) is 5.92 Å². The van der Waals surface area contributed by atoms with E-state index < -0.39 is 0 Å². The minimum atomic E-state index is 0.816. The molecule has 1 saturated carbocycles. The molecule has 2 rings (SSSR count). The highest BCUT2D eigenvalue weighted by molar-refractivity contribution is 5.25. The summed E-state index contributed by atoms with van der Waals surface area (Å²) in [4.78, 5) is 0. The summed E-state index contributed by atoms with van der Waals surface area (Å²) in [5.74, 6) is 0.816. The van der Waals surface area contributed by atoms with Crippen LogP contribution in [0.5, 0.6) is 0 Å². The Morgan fingerprint density at radius 3 is 2.86 bits per heavy atom. The molecule has 2 aliphatic carbocycles. The third-order valence-electron chi connectivity index (χ3n) is 3.14. The van der Waals surface area contributed by atoms with Gasteiger partial charge in [-0.3, -0.25) is 0 Å². The molecule has 0 aromatic heterocycles. The van der Waals surface area contributed by atoms with Crippen LogP contribution in [-0.2, 0) is 0 Å². The Kier molecular flexibility index (Phi) is 3.43. The molecule has 0 heteroatoms. The van der Waals surface area contributed by atoms with E-state index in [9.17, 15) is 0 Å². The Morgan fingerprint density at radius 1 is 1.14 bits per heavy atom. The minimum absolute atomic E-state index is 0.816. The summed E-state index contributed by atoms with van der Waals surface area (Å²) in [7, 11) is 0. The van der Waals surface area contributed by atoms with E-state index >= 15 is 0 Å². The summed E-state index contributed by atoms with van der Waals surface area (Å²) >= 11 is 0. The van der Waals surface area contributed by atoms with Gasteiger partial charge in [-0.15, -0.1) is 5.73 Å². The van der Waals surface area contributed by atoms with Gasteiger partial charge < -0.3 is 0 Å².